The van der Waals surface area contributed by atoms with E-state index in [0.29, 0.717) is 32.2 Å². The first-order chi connectivity index (χ1) is 14.5. The number of hydrogen-bond acceptors (Lipinski definition) is 6. The normalized spacial score (nSPS) is 15.1. The van der Waals surface area contributed by atoms with Crippen LogP contribution in [0.5, 0.6) is 5.75 Å². The SMILES string of the molecule is COc1ccc(N2C(=O)C(=Cc3ccc(-c4ccc(C(=O)O)cc4)o3)SC2=S)cc1. The van der Waals surface area contributed by atoms with Gasteiger partial charge in [0.1, 0.15) is 17.3 Å². The van der Waals surface area contributed by atoms with E-state index in [1.165, 1.54) is 28.8 Å². The van der Waals surface area contributed by atoms with Crippen LogP contribution in [0.25, 0.3) is 17.4 Å². The van der Waals surface area contributed by atoms with Crippen molar-refractivity contribution < 1.29 is 23.8 Å². The van der Waals surface area contributed by atoms with Gasteiger partial charge in [-0.2, -0.15) is 0 Å². The molecule has 1 aliphatic heterocycles. The maximum absolute atomic E-state index is 12.9. The quantitative estimate of drug-likeness (QED) is 0.441. The van der Waals surface area contributed by atoms with Gasteiger partial charge in [0.15, 0.2) is 4.32 Å². The van der Waals surface area contributed by atoms with Crippen molar-refractivity contribution >= 4 is 51.9 Å². The summed E-state index contributed by atoms with van der Waals surface area (Å²) in [5.41, 5.74) is 1.61. The summed E-state index contributed by atoms with van der Waals surface area (Å²) in [6, 6.07) is 17.0. The molecule has 1 amide bonds. The van der Waals surface area contributed by atoms with Crippen LogP contribution in [0.1, 0.15) is 16.1 Å². The monoisotopic (exact) mass is 437 g/mol. The van der Waals surface area contributed by atoms with Crippen molar-refractivity contribution in [2.24, 2.45) is 0 Å². The molecule has 150 valence electrons. The van der Waals surface area contributed by atoms with Crippen LogP contribution < -0.4 is 9.64 Å². The second-order valence-electron chi connectivity index (χ2n) is 6.30. The van der Waals surface area contributed by atoms with Gasteiger partial charge in [-0.3, -0.25) is 9.69 Å². The molecule has 0 atom stereocenters. The minimum atomic E-state index is -0.986. The Hall–Kier alpha value is -3.36. The number of ether oxygens (including phenoxy) is 1. The van der Waals surface area contributed by atoms with Crippen LogP contribution in [0.4, 0.5) is 5.69 Å². The van der Waals surface area contributed by atoms with E-state index in [9.17, 15) is 9.59 Å². The van der Waals surface area contributed by atoms with E-state index in [1.54, 1.807) is 61.7 Å². The lowest BCUT2D eigenvalue weighted by Crippen LogP contribution is -2.27. The van der Waals surface area contributed by atoms with Gasteiger partial charge in [0.25, 0.3) is 5.91 Å². The maximum atomic E-state index is 12.9. The van der Waals surface area contributed by atoms with E-state index in [-0.39, 0.29) is 11.5 Å². The van der Waals surface area contributed by atoms with Crippen molar-refractivity contribution in [2.45, 2.75) is 0 Å². The summed E-state index contributed by atoms with van der Waals surface area (Å²) < 4.78 is 11.4. The number of hydrogen-bond donors (Lipinski definition) is 1. The highest BCUT2D eigenvalue weighted by Gasteiger charge is 2.33. The number of carboxylic acid groups (broad SMARTS) is 1. The molecular formula is C22H15NO5S2. The Morgan fingerprint density at radius 1 is 1.10 bits per heavy atom. The molecule has 0 bridgehead atoms. The van der Waals surface area contributed by atoms with Crippen LogP contribution >= 0.6 is 24.0 Å². The van der Waals surface area contributed by atoms with Gasteiger partial charge in [0, 0.05) is 11.6 Å². The molecule has 2 aromatic carbocycles. The van der Waals surface area contributed by atoms with Crippen molar-refractivity contribution in [3.8, 4) is 17.1 Å². The van der Waals surface area contributed by atoms with E-state index in [1.807, 2.05) is 0 Å². The number of thioether (sulfide) groups is 1. The number of anilines is 1. The molecule has 1 N–H and O–H groups in total. The number of amides is 1. The van der Waals surface area contributed by atoms with Gasteiger partial charge in [0.05, 0.1) is 23.3 Å². The fourth-order valence-electron chi connectivity index (χ4n) is 2.91. The maximum Gasteiger partial charge on any atom is 0.335 e. The van der Waals surface area contributed by atoms with E-state index < -0.39 is 5.97 Å². The van der Waals surface area contributed by atoms with Gasteiger partial charge >= 0.3 is 5.97 Å². The summed E-state index contributed by atoms with van der Waals surface area (Å²) in [4.78, 5) is 25.8. The second kappa shape index (κ2) is 8.17. The molecule has 3 aromatic rings. The molecule has 1 aliphatic rings. The summed E-state index contributed by atoms with van der Waals surface area (Å²) in [5, 5.41) is 9.00. The fourth-order valence-corrected chi connectivity index (χ4v) is 4.19. The molecule has 1 fully saturated rings. The number of nitrogens with zero attached hydrogens (tertiary/aromatic N) is 1. The molecule has 8 heteroatoms. The Bertz CT molecular complexity index is 1160. The van der Waals surface area contributed by atoms with Crippen molar-refractivity contribution in [1.29, 1.82) is 0 Å². The van der Waals surface area contributed by atoms with Crippen molar-refractivity contribution in [1.82, 2.24) is 0 Å². The zero-order chi connectivity index (χ0) is 21.3. The van der Waals surface area contributed by atoms with Crippen molar-refractivity contribution in [2.75, 3.05) is 12.0 Å². The Labute approximate surface area is 181 Å². The number of thiocarbonyl (C=S) groups is 1. The minimum absolute atomic E-state index is 0.202. The van der Waals surface area contributed by atoms with Gasteiger partial charge in [-0.15, -0.1) is 0 Å². The summed E-state index contributed by atoms with van der Waals surface area (Å²) in [7, 11) is 1.58. The lowest BCUT2D eigenvalue weighted by molar-refractivity contribution is -0.113. The first-order valence-electron chi connectivity index (χ1n) is 8.82. The van der Waals surface area contributed by atoms with Gasteiger partial charge in [-0.05, 0) is 48.5 Å². The lowest BCUT2D eigenvalue weighted by Gasteiger charge is -2.14. The standard InChI is InChI=1S/C22H15NO5S2/c1-27-16-8-6-15(7-9-16)23-20(24)19(30-22(23)29)12-17-10-11-18(28-17)13-2-4-14(5-3-13)21(25)26/h2-12H,1H3,(H,25,26). The number of furan rings is 1. The number of aromatic carboxylic acids is 1. The van der Waals surface area contributed by atoms with Crippen LogP contribution in [0.3, 0.4) is 0 Å². The van der Waals surface area contributed by atoms with Crippen LogP contribution in [0, 0.1) is 0 Å². The lowest BCUT2D eigenvalue weighted by atomic mass is 10.1. The predicted molar refractivity (Wildman–Crippen MR) is 120 cm³/mol. The van der Waals surface area contributed by atoms with Gasteiger partial charge < -0.3 is 14.3 Å². The number of carboxylic acids is 1. The Morgan fingerprint density at radius 3 is 2.43 bits per heavy atom. The smallest absolute Gasteiger partial charge is 0.335 e. The molecular weight excluding hydrogens is 422 g/mol. The van der Waals surface area contributed by atoms with Gasteiger partial charge in [-0.1, -0.05) is 36.1 Å². The minimum Gasteiger partial charge on any atom is -0.497 e. The largest absolute Gasteiger partial charge is 0.497 e. The third kappa shape index (κ3) is 3.87. The highest BCUT2D eigenvalue weighted by Crippen LogP contribution is 2.37. The van der Waals surface area contributed by atoms with Crippen LogP contribution in [0.15, 0.2) is 70.0 Å². The molecule has 4 rings (SSSR count). The number of methoxy groups -OCH3 is 1. The van der Waals surface area contributed by atoms with E-state index >= 15 is 0 Å². The van der Waals surface area contributed by atoms with E-state index in [0.717, 1.165) is 5.56 Å². The van der Waals surface area contributed by atoms with E-state index in [4.69, 9.17) is 26.5 Å². The number of carbonyl (C=O) groups is 2. The third-order valence-electron chi connectivity index (χ3n) is 4.44. The van der Waals surface area contributed by atoms with Gasteiger partial charge in [0.2, 0.25) is 0 Å². The third-order valence-corrected chi connectivity index (χ3v) is 5.74. The number of benzene rings is 2. The molecule has 0 saturated carbocycles. The van der Waals surface area contributed by atoms with Crippen molar-refractivity contribution in [3.63, 3.8) is 0 Å². The zero-order valence-electron chi connectivity index (χ0n) is 15.7. The summed E-state index contributed by atoms with van der Waals surface area (Å²) >= 11 is 6.59. The van der Waals surface area contributed by atoms with Gasteiger partial charge in [-0.25, -0.2) is 4.79 Å². The fraction of sp³-hybridized carbons (Fsp3) is 0.0455. The Kier molecular flexibility index (Phi) is 5.43. The topological polar surface area (TPSA) is 80.0 Å². The molecule has 1 aromatic heterocycles. The van der Waals surface area contributed by atoms with Crippen molar-refractivity contribution in [3.05, 3.63) is 76.9 Å². The first kappa shape index (κ1) is 19.9. The molecule has 30 heavy (non-hydrogen) atoms. The van der Waals surface area contributed by atoms with E-state index in [2.05, 4.69) is 0 Å². The Morgan fingerprint density at radius 2 is 1.80 bits per heavy atom. The number of carbonyl (C=O) groups excluding carboxylic acids is 1. The molecule has 0 aliphatic carbocycles. The zero-order valence-corrected chi connectivity index (χ0v) is 17.3. The van der Waals surface area contributed by atoms with Crippen LogP contribution in [-0.4, -0.2) is 28.4 Å². The second-order valence-corrected chi connectivity index (χ2v) is 7.98. The molecule has 0 spiro atoms. The average Bonchev–Trinajstić information content (AvgIpc) is 3.33. The summed E-state index contributed by atoms with van der Waals surface area (Å²) in [6.45, 7) is 0. The molecule has 0 unspecified atom stereocenters. The molecule has 0 radical (unpaired) electrons. The molecule has 1 saturated heterocycles. The van der Waals surface area contributed by atoms with Crippen LogP contribution in [0.2, 0.25) is 0 Å². The molecule has 2 heterocycles. The first-order valence-corrected chi connectivity index (χ1v) is 10.0. The van der Waals surface area contributed by atoms with Crippen LogP contribution in [-0.2, 0) is 4.79 Å². The Balaban J connectivity index is 1.56. The number of rotatable bonds is 5. The summed E-state index contributed by atoms with van der Waals surface area (Å²) in [5.74, 6) is 0.560. The highest BCUT2D eigenvalue weighted by atomic mass is 32.2. The molecule has 6 nitrogen and oxygen atoms in total. The summed E-state index contributed by atoms with van der Waals surface area (Å²) in [6.07, 6.45) is 1.65. The average molecular weight is 437 g/mol. The predicted octanol–water partition coefficient (Wildman–Crippen LogP) is 5.06. The highest BCUT2D eigenvalue weighted by molar-refractivity contribution is 8.27.